The van der Waals surface area contributed by atoms with Gasteiger partial charge in [-0.05, 0) is 42.8 Å². The van der Waals surface area contributed by atoms with Gasteiger partial charge in [0.2, 0.25) is 0 Å². The third-order valence-electron chi connectivity index (χ3n) is 8.56. The minimum absolute atomic E-state index is 0.0855. The zero-order chi connectivity index (χ0) is 37.2. The van der Waals surface area contributed by atoms with Crippen molar-refractivity contribution < 1.29 is 28.6 Å². The number of rotatable bonds is 3. The van der Waals surface area contributed by atoms with Crippen LogP contribution in [0.5, 0.6) is 0 Å². The molecule has 1 aliphatic heterocycles. The summed E-state index contributed by atoms with van der Waals surface area (Å²) in [7, 11) is 1.90. The number of pyridine rings is 2. The number of carbonyl (C=O) groups excluding carboxylic acids is 1. The summed E-state index contributed by atoms with van der Waals surface area (Å²) >= 11 is 5.80. The minimum Gasteiger partial charge on any atom is -0.660 e. The lowest BCUT2D eigenvalue weighted by Crippen LogP contribution is -2.50. The first kappa shape index (κ1) is 38.9. The number of carbonyl (C=O) groups is 2. The lowest BCUT2D eigenvalue weighted by Gasteiger charge is -2.41. The van der Waals surface area contributed by atoms with Crippen molar-refractivity contribution in [2.45, 2.75) is 64.0 Å². The molecule has 1 saturated carbocycles. The third kappa shape index (κ3) is 11.9. The Morgan fingerprint density at radius 2 is 1.63 bits per heavy atom. The molecule has 3 aromatic rings. The van der Waals surface area contributed by atoms with E-state index in [-0.39, 0.29) is 22.0 Å². The van der Waals surface area contributed by atoms with Gasteiger partial charge in [0.25, 0.3) is 11.8 Å². The van der Waals surface area contributed by atoms with Crippen LogP contribution in [0.2, 0.25) is 5.02 Å². The highest BCUT2D eigenvalue weighted by molar-refractivity contribution is 6.33. The van der Waals surface area contributed by atoms with Crippen LogP contribution in [0.15, 0.2) is 84.7 Å². The van der Waals surface area contributed by atoms with Gasteiger partial charge < -0.3 is 20.4 Å². The summed E-state index contributed by atoms with van der Waals surface area (Å²) in [5.74, 6) is 7.17. The number of aromatic carboxylic acids is 1. The van der Waals surface area contributed by atoms with Crippen LogP contribution < -0.4 is 0 Å². The third-order valence-corrected chi connectivity index (χ3v) is 8.84. The van der Waals surface area contributed by atoms with E-state index in [1.807, 2.05) is 51.2 Å². The van der Waals surface area contributed by atoms with Crippen molar-refractivity contribution in [3.05, 3.63) is 123 Å². The van der Waals surface area contributed by atoms with Gasteiger partial charge in [-0.1, -0.05) is 99.2 Å². The maximum absolute atomic E-state index is 13.3. The van der Waals surface area contributed by atoms with Gasteiger partial charge in [-0.2, -0.15) is 7.05 Å². The van der Waals surface area contributed by atoms with E-state index < -0.39 is 24.4 Å². The van der Waals surface area contributed by atoms with Crippen molar-refractivity contribution in [1.29, 1.82) is 0 Å². The van der Waals surface area contributed by atoms with Crippen LogP contribution in [0.25, 0.3) is 5.32 Å². The molecule has 8 nitrogen and oxygen atoms in total. The summed E-state index contributed by atoms with van der Waals surface area (Å²) in [4.78, 5) is 33.0. The van der Waals surface area contributed by atoms with E-state index in [1.54, 1.807) is 23.1 Å². The van der Waals surface area contributed by atoms with Crippen molar-refractivity contribution in [3.8, 4) is 23.7 Å². The van der Waals surface area contributed by atoms with Gasteiger partial charge in [0.05, 0.1) is 11.1 Å². The predicted molar refractivity (Wildman–Crippen MR) is 194 cm³/mol. The molecule has 1 unspecified atom stereocenters. The number of benzene rings is 1. The normalized spacial score (nSPS) is 18.8. The van der Waals surface area contributed by atoms with E-state index in [2.05, 4.69) is 45.9 Å². The van der Waals surface area contributed by atoms with Crippen molar-refractivity contribution in [1.82, 2.24) is 14.9 Å². The van der Waals surface area contributed by atoms with E-state index in [0.717, 1.165) is 11.6 Å². The molecule has 2 aromatic heterocycles. The molecule has 1 amide bonds. The van der Waals surface area contributed by atoms with Gasteiger partial charge in [-0.15, -0.1) is 5.54 Å². The largest absolute Gasteiger partial charge is 0.660 e. The molecule has 2 aliphatic carbocycles. The fourth-order valence-corrected chi connectivity index (χ4v) is 5.17. The van der Waals surface area contributed by atoms with Gasteiger partial charge in [0, 0.05) is 59.6 Å². The number of likely N-dealkylation sites (tertiary alicyclic amines) is 1. The number of halogens is 3. The number of carboxylic acids is 1. The predicted octanol–water partition coefficient (Wildman–Crippen LogP) is 7.56. The van der Waals surface area contributed by atoms with Crippen LogP contribution in [-0.4, -0.2) is 74.7 Å². The molecule has 0 bridgehead atoms. The molecule has 1 aromatic carbocycles. The molecule has 2 fully saturated rings. The average Bonchev–Trinajstić information content (AvgIpc) is 3.85. The maximum Gasteiger partial charge on any atom is 0.356 e. The summed E-state index contributed by atoms with van der Waals surface area (Å²) < 4.78 is 26.6. The monoisotopic (exact) mass is 713 g/mol. The second kappa shape index (κ2) is 16.9. The first-order chi connectivity index (χ1) is 24.1. The van der Waals surface area contributed by atoms with Gasteiger partial charge >= 0.3 is 5.97 Å². The number of allylic oxidation sites excluding steroid dienone is 4. The lowest BCUT2D eigenvalue weighted by atomic mass is 9.81. The number of alkyl halides is 2. The number of piperidine rings is 1. The molecule has 266 valence electrons. The molecule has 6 rings (SSSR count). The number of aromatic nitrogens is 2. The Kier molecular flexibility index (Phi) is 12.9. The molecule has 1 saturated heterocycles. The van der Waals surface area contributed by atoms with E-state index in [9.17, 15) is 23.5 Å². The number of hydrogen-bond acceptors (Lipinski definition) is 5. The molecule has 2 N–H and O–H groups in total. The zero-order valence-electron chi connectivity index (χ0n) is 29.0. The number of aliphatic hydroxyl groups excluding tert-OH is 1. The van der Waals surface area contributed by atoms with Crippen molar-refractivity contribution in [2.75, 3.05) is 20.1 Å². The summed E-state index contributed by atoms with van der Waals surface area (Å²) in [6.45, 7) is 7.01. The Hall–Kier alpha value is -4.87. The second-order valence-corrected chi connectivity index (χ2v) is 13.8. The van der Waals surface area contributed by atoms with Crippen LogP contribution in [0.4, 0.5) is 8.78 Å². The smallest absolute Gasteiger partial charge is 0.356 e. The van der Waals surface area contributed by atoms with Crippen LogP contribution >= 0.6 is 11.6 Å². The number of nitrogens with zero attached hydrogens (tertiary/aromatic N) is 4. The number of aliphatic hydroxyl groups is 1. The number of hydrogen-bond donors (Lipinski definition) is 2. The quantitative estimate of drug-likeness (QED) is 0.271. The highest BCUT2D eigenvalue weighted by atomic mass is 35.5. The minimum atomic E-state index is -2.86. The van der Waals surface area contributed by atoms with E-state index >= 15 is 0 Å². The first-order valence-electron chi connectivity index (χ1n) is 16.4. The lowest BCUT2D eigenvalue weighted by molar-refractivity contribution is -0.0184. The van der Waals surface area contributed by atoms with Gasteiger partial charge in [-0.25, -0.2) is 23.5 Å². The summed E-state index contributed by atoms with van der Waals surface area (Å²) in [6, 6.07) is 14.2. The Balaban J connectivity index is 0.000000207. The number of amides is 1. The summed E-state index contributed by atoms with van der Waals surface area (Å²) in [5.41, 5.74) is 2.56. The van der Waals surface area contributed by atoms with Crippen LogP contribution in [0.3, 0.4) is 0 Å². The Labute approximate surface area is 302 Å². The average molecular weight is 714 g/mol. The van der Waals surface area contributed by atoms with Gasteiger partial charge in [0.1, 0.15) is 5.69 Å². The molecule has 1 atom stereocenters. The van der Waals surface area contributed by atoms with Crippen LogP contribution in [0.1, 0.15) is 84.1 Å². The Morgan fingerprint density at radius 1 is 0.961 bits per heavy atom. The van der Waals surface area contributed by atoms with Crippen molar-refractivity contribution in [2.24, 2.45) is 5.41 Å². The Morgan fingerprint density at radius 3 is 2.18 bits per heavy atom. The van der Waals surface area contributed by atoms with Crippen molar-refractivity contribution in [3.63, 3.8) is 0 Å². The van der Waals surface area contributed by atoms with E-state index in [1.165, 1.54) is 37.4 Å². The molecule has 11 heteroatoms. The molecule has 3 aliphatic rings. The first-order valence-corrected chi connectivity index (χ1v) is 16.8. The SMILES string of the molecule is CC1(C)CN(C(=O)c2ccc(C#CC3=CC=CC(F)(F)C3)cn2)CCC1O.C[N-]C1(C)CC1.O=C(O)c1ncc(C#Cc2ccccc2)cc1Cl. The van der Waals surface area contributed by atoms with Gasteiger partial charge in [-0.3, -0.25) is 4.79 Å². The van der Waals surface area contributed by atoms with Crippen LogP contribution in [0, 0.1) is 29.1 Å². The fourth-order valence-electron chi connectivity index (χ4n) is 4.92. The second-order valence-electron chi connectivity index (χ2n) is 13.4. The summed E-state index contributed by atoms with van der Waals surface area (Å²) in [6.07, 6.45) is 8.94. The number of carboxylic acid groups (broad SMARTS) is 1. The molecule has 51 heavy (non-hydrogen) atoms. The maximum atomic E-state index is 13.3. The highest BCUT2D eigenvalue weighted by Gasteiger charge is 2.37. The molecular weight excluding hydrogens is 674 g/mol. The molecular formula is C40H40ClF2N4O4-. The van der Waals surface area contributed by atoms with Crippen molar-refractivity contribution >= 4 is 23.5 Å². The molecule has 0 spiro atoms. The zero-order valence-corrected chi connectivity index (χ0v) is 29.7. The topological polar surface area (TPSA) is 118 Å². The van der Waals surface area contributed by atoms with Gasteiger partial charge in [0.15, 0.2) is 5.69 Å². The summed E-state index contributed by atoms with van der Waals surface area (Å²) in [5, 5.41) is 23.0. The van der Waals surface area contributed by atoms with E-state index in [0.29, 0.717) is 47.4 Å². The van der Waals surface area contributed by atoms with E-state index in [4.69, 9.17) is 16.7 Å². The fraction of sp³-hybridized carbons (Fsp3) is 0.350. The molecule has 0 radical (unpaired) electrons. The van der Waals surface area contributed by atoms with Crippen LogP contribution in [-0.2, 0) is 0 Å². The standard InChI is InChI=1S/C21H22F2N2O2.C14H8ClNO2.C5H10N/c1-20(2)14-25(11-9-18(20)26)19(27)17-8-7-16(13-24-17)6-5-15-4-3-10-21(22,23)12-15;15-12-8-11(9-16-13(12)14(17)18)7-6-10-4-2-1-3-5-10;1-5(6-2)3-4-5/h3-4,7-8,10,13,18,26H,9,11-12,14H2,1-2H3;1-5,8-9H,(H,17,18);3-4H2,1-2H3/q;;-1. The highest BCUT2D eigenvalue weighted by Crippen LogP contribution is 2.41. The molecule has 3 heterocycles. The Bertz CT molecular complexity index is 1900.